The molecule has 0 atom stereocenters. The second-order valence-corrected chi connectivity index (χ2v) is 6.68. The third kappa shape index (κ3) is 2.00. The number of sulfone groups is 1. The van der Waals surface area contributed by atoms with Gasteiger partial charge in [-0.1, -0.05) is 24.3 Å². The third-order valence-corrected chi connectivity index (χ3v) is 5.44. The molecule has 3 rings (SSSR count). The molecule has 0 bridgehead atoms. The molecule has 0 aromatic heterocycles. The third-order valence-electron chi connectivity index (χ3n) is 3.59. The van der Waals surface area contributed by atoms with Gasteiger partial charge >= 0.3 is 0 Å². The van der Waals surface area contributed by atoms with E-state index in [1.165, 1.54) is 24.3 Å². The molecule has 5 nitrogen and oxygen atoms in total. The standard InChI is InChI=1S/C17H7N3O2S/c18-8-11-5-6-14-16(7-11)23(21,22)15-4-2-1-3-13(15)17(14)12(9-19)10-20/h1-7H. The van der Waals surface area contributed by atoms with Crippen molar-refractivity contribution < 1.29 is 8.42 Å². The molecule has 108 valence electrons. The molecule has 2 aromatic carbocycles. The summed E-state index contributed by atoms with van der Waals surface area (Å²) in [7, 11) is -3.82. The minimum Gasteiger partial charge on any atom is -0.218 e. The van der Waals surface area contributed by atoms with Gasteiger partial charge in [0.2, 0.25) is 9.84 Å². The van der Waals surface area contributed by atoms with Gasteiger partial charge in [0, 0.05) is 16.7 Å². The summed E-state index contributed by atoms with van der Waals surface area (Å²) in [6.07, 6.45) is 0. The Labute approximate surface area is 132 Å². The van der Waals surface area contributed by atoms with E-state index in [1.54, 1.807) is 18.2 Å². The number of hydrogen-bond acceptors (Lipinski definition) is 5. The van der Waals surface area contributed by atoms with Crippen molar-refractivity contribution in [2.24, 2.45) is 0 Å². The predicted molar refractivity (Wildman–Crippen MR) is 80.3 cm³/mol. The van der Waals surface area contributed by atoms with Crippen LogP contribution in [-0.2, 0) is 9.84 Å². The van der Waals surface area contributed by atoms with E-state index in [9.17, 15) is 18.9 Å². The summed E-state index contributed by atoms with van der Waals surface area (Å²) >= 11 is 0. The SMILES string of the molecule is N#CC(C#N)=C1c2ccccc2S(=O)(=O)c2cc(C#N)ccc21. The lowest BCUT2D eigenvalue weighted by atomic mass is 9.92. The van der Waals surface area contributed by atoms with E-state index in [1.807, 2.05) is 18.2 Å². The van der Waals surface area contributed by atoms with Gasteiger partial charge in [0.25, 0.3) is 0 Å². The molecule has 1 heterocycles. The molecule has 0 radical (unpaired) electrons. The van der Waals surface area contributed by atoms with Gasteiger partial charge in [-0.25, -0.2) is 8.42 Å². The molecular weight excluding hydrogens is 310 g/mol. The summed E-state index contributed by atoms with van der Waals surface area (Å²) in [5.41, 5.74) is 0.892. The lowest BCUT2D eigenvalue weighted by Gasteiger charge is -2.22. The van der Waals surface area contributed by atoms with Crippen LogP contribution in [0.25, 0.3) is 5.57 Å². The lowest BCUT2D eigenvalue weighted by molar-refractivity contribution is 0.594. The zero-order chi connectivity index (χ0) is 16.6. The van der Waals surface area contributed by atoms with Gasteiger partial charge in [0.05, 0.1) is 21.4 Å². The van der Waals surface area contributed by atoms with E-state index in [0.717, 1.165) is 0 Å². The van der Waals surface area contributed by atoms with Crippen LogP contribution in [0.1, 0.15) is 16.7 Å². The van der Waals surface area contributed by atoms with Gasteiger partial charge < -0.3 is 0 Å². The van der Waals surface area contributed by atoms with Crippen molar-refractivity contribution in [3.05, 3.63) is 64.7 Å². The van der Waals surface area contributed by atoms with Crippen LogP contribution in [0.2, 0.25) is 0 Å². The summed E-state index contributed by atoms with van der Waals surface area (Å²) < 4.78 is 25.6. The van der Waals surface area contributed by atoms with Gasteiger partial charge in [0.1, 0.15) is 17.7 Å². The van der Waals surface area contributed by atoms with Crippen LogP contribution in [-0.4, -0.2) is 8.42 Å². The molecule has 0 aliphatic carbocycles. The number of fused-ring (bicyclic) bond motifs is 2. The van der Waals surface area contributed by atoms with Gasteiger partial charge in [-0.3, -0.25) is 0 Å². The van der Waals surface area contributed by atoms with Crippen molar-refractivity contribution in [3.63, 3.8) is 0 Å². The second kappa shape index (κ2) is 5.10. The minimum atomic E-state index is -3.82. The van der Waals surface area contributed by atoms with Crippen molar-refractivity contribution in [1.82, 2.24) is 0 Å². The van der Waals surface area contributed by atoms with E-state index in [0.29, 0.717) is 5.56 Å². The zero-order valence-electron chi connectivity index (χ0n) is 11.6. The summed E-state index contributed by atoms with van der Waals surface area (Å²) in [6.45, 7) is 0. The Balaban J connectivity index is 2.56. The minimum absolute atomic E-state index is 0.0283. The fourth-order valence-corrected chi connectivity index (χ4v) is 4.29. The maximum Gasteiger partial charge on any atom is 0.207 e. The average Bonchev–Trinajstić information content (AvgIpc) is 2.58. The Morgan fingerprint density at radius 2 is 1.52 bits per heavy atom. The highest BCUT2D eigenvalue weighted by atomic mass is 32.2. The first kappa shape index (κ1) is 14.5. The molecule has 0 N–H and O–H groups in total. The molecular formula is C17H7N3O2S. The number of benzene rings is 2. The van der Waals surface area contributed by atoms with Crippen LogP contribution >= 0.6 is 0 Å². The quantitative estimate of drug-likeness (QED) is 0.592. The maximum absolute atomic E-state index is 12.8. The molecule has 0 spiro atoms. The van der Waals surface area contributed by atoms with Crippen molar-refractivity contribution >= 4 is 15.4 Å². The zero-order valence-corrected chi connectivity index (χ0v) is 12.4. The van der Waals surface area contributed by atoms with Crippen LogP contribution in [0.15, 0.2) is 57.8 Å². The second-order valence-electron chi connectivity index (χ2n) is 4.80. The topological polar surface area (TPSA) is 106 Å². The number of nitriles is 3. The van der Waals surface area contributed by atoms with Crippen molar-refractivity contribution in [1.29, 1.82) is 15.8 Å². The van der Waals surface area contributed by atoms with Crippen LogP contribution < -0.4 is 0 Å². The Morgan fingerprint density at radius 1 is 0.870 bits per heavy atom. The van der Waals surface area contributed by atoms with Gasteiger partial charge in [-0.05, 0) is 18.2 Å². The number of hydrogen-bond donors (Lipinski definition) is 0. The normalized spacial score (nSPS) is 13.7. The number of allylic oxidation sites excluding steroid dienone is 1. The van der Waals surface area contributed by atoms with Gasteiger partial charge in [-0.15, -0.1) is 0 Å². The fraction of sp³-hybridized carbons (Fsp3) is 0. The van der Waals surface area contributed by atoms with Crippen LogP contribution in [0.4, 0.5) is 0 Å². The summed E-state index contributed by atoms with van der Waals surface area (Å²) in [5, 5.41) is 27.5. The van der Waals surface area contributed by atoms with Gasteiger partial charge in [0.15, 0.2) is 0 Å². The molecule has 0 unspecified atom stereocenters. The molecule has 0 saturated heterocycles. The maximum atomic E-state index is 12.8. The highest BCUT2D eigenvalue weighted by molar-refractivity contribution is 7.91. The first-order valence-corrected chi connectivity index (χ1v) is 7.96. The van der Waals surface area contributed by atoms with E-state index in [4.69, 9.17) is 5.26 Å². The molecule has 2 aromatic rings. The molecule has 0 fully saturated rings. The molecule has 1 aliphatic rings. The van der Waals surface area contributed by atoms with Crippen LogP contribution in [0, 0.1) is 34.0 Å². The van der Waals surface area contributed by atoms with Crippen LogP contribution in [0.3, 0.4) is 0 Å². The summed E-state index contributed by atoms with van der Waals surface area (Å²) in [6, 6.07) is 16.0. The summed E-state index contributed by atoms with van der Waals surface area (Å²) in [5.74, 6) is 0. The fourth-order valence-electron chi connectivity index (χ4n) is 2.60. The molecule has 23 heavy (non-hydrogen) atoms. The molecule has 6 heteroatoms. The van der Waals surface area contributed by atoms with Crippen molar-refractivity contribution in [2.75, 3.05) is 0 Å². The Hall–Kier alpha value is -3.40. The molecule has 0 amide bonds. The Bertz CT molecular complexity index is 1090. The average molecular weight is 317 g/mol. The van der Waals surface area contributed by atoms with E-state index in [2.05, 4.69) is 0 Å². The Morgan fingerprint density at radius 3 is 2.17 bits per heavy atom. The van der Waals surface area contributed by atoms with E-state index < -0.39 is 9.84 Å². The lowest BCUT2D eigenvalue weighted by Crippen LogP contribution is -2.15. The Kier molecular flexibility index (Phi) is 3.22. The van der Waals surface area contributed by atoms with Gasteiger partial charge in [-0.2, -0.15) is 15.8 Å². The first-order chi connectivity index (χ1) is 11.0. The van der Waals surface area contributed by atoms with E-state index in [-0.39, 0.29) is 32.1 Å². The smallest absolute Gasteiger partial charge is 0.207 e. The monoisotopic (exact) mass is 317 g/mol. The highest BCUT2D eigenvalue weighted by Gasteiger charge is 2.34. The largest absolute Gasteiger partial charge is 0.218 e. The van der Waals surface area contributed by atoms with E-state index >= 15 is 0 Å². The van der Waals surface area contributed by atoms with Crippen molar-refractivity contribution in [2.45, 2.75) is 9.79 Å². The first-order valence-electron chi connectivity index (χ1n) is 6.48. The molecule has 0 saturated carbocycles. The summed E-state index contributed by atoms with van der Waals surface area (Å²) in [4.78, 5) is -0.0335. The van der Waals surface area contributed by atoms with Crippen molar-refractivity contribution in [3.8, 4) is 18.2 Å². The number of rotatable bonds is 0. The predicted octanol–water partition coefficient (Wildman–Crippen LogP) is 2.55. The molecule has 1 aliphatic heterocycles. The highest BCUT2D eigenvalue weighted by Crippen LogP contribution is 2.42. The van der Waals surface area contributed by atoms with Crippen LogP contribution in [0.5, 0.6) is 0 Å². The number of nitrogens with zero attached hydrogens (tertiary/aromatic N) is 3.